The first kappa shape index (κ1) is 10.5. The minimum absolute atomic E-state index is 0.839. The Balaban J connectivity index is 1.67. The molecule has 3 heterocycles. The average Bonchev–Trinajstić information content (AvgIpc) is 2.80. The molecule has 2 aromatic heterocycles. The summed E-state index contributed by atoms with van der Waals surface area (Å²) in [6.07, 6.45) is 6.41. The Kier molecular flexibility index (Phi) is 2.88. The molecule has 0 aromatic carbocycles. The van der Waals surface area contributed by atoms with Gasteiger partial charge in [-0.3, -0.25) is 4.98 Å². The Labute approximate surface area is 100 Å². The molecule has 4 nitrogen and oxygen atoms in total. The average molecular weight is 229 g/mol. The zero-order valence-electron chi connectivity index (χ0n) is 9.65. The molecule has 2 aromatic rings. The van der Waals surface area contributed by atoms with Crippen LogP contribution in [0.1, 0.15) is 22.9 Å². The molecular weight excluding hydrogens is 214 g/mol. The topological polar surface area (TPSA) is 51.0 Å². The number of hydrogen-bond acceptors (Lipinski definition) is 4. The second kappa shape index (κ2) is 4.67. The van der Waals surface area contributed by atoms with Crippen LogP contribution in [-0.2, 0) is 25.8 Å². The molecule has 1 N–H and O–H groups in total. The van der Waals surface area contributed by atoms with Gasteiger partial charge in [-0.2, -0.15) is 0 Å². The summed E-state index contributed by atoms with van der Waals surface area (Å²) < 4.78 is 5.76. The van der Waals surface area contributed by atoms with Gasteiger partial charge in [-0.05, 0) is 18.1 Å². The molecular formula is C13H15N3O. The predicted molar refractivity (Wildman–Crippen MR) is 63.6 cm³/mol. The standard InChI is InChI=1S/C13H15N3O/c1-2-10(8-14-6-1)3-4-13-16-11-9-15-7-5-12(11)17-13/h1-2,6,8,15H,3-5,7,9H2. The fraction of sp³-hybridized carbons (Fsp3) is 0.385. The first-order chi connectivity index (χ1) is 8.42. The largest absolute Gasteiger partial charge is 0.445 e. The van der Waals surface area contributed by atoms with Crippen LogP contribution < -0.4 is 5.32 Å². The van der Waals surface area contributed by atoms with Crippen LogP contribution in [0.25, 0.3) is 0 Å². The number of hydrogen-bond donors (Lipinski definition) is 1. The van der Waals surface area contributed by atoms with Gasteiger partial charge in [-0.15, -0.1) is 0 Å². The van der Waals surface area contributed by atoms with Crippen molar-refractivity contribution in [1.29, 1.82) is 0 Å². The van der Waals surface area contributed by atoms with E-state index < -0.39 is 0 Å². The van der Waals surface area contributed by atoms with E-state index in [-0.39, 0.29) is 0 Å². The van der Waals surface area contributed by atoms with E-state index in [0.717, 1.165) is 49.7 Å². The van der Waals surface area contributed by atoms with Crippen LogP contribution in [0.2, 0.25) is 0 Å². The van der Waals surface area contributed by atoms with Crippen LogP contribution in [0.15, 0.2) is 28.9 Å². The number of aromatic nitrogens is 2. The maximum Gasteiger partial charge on any atom is 0.195 e. The molecule has 17 heavy (non-hydrogen) atoms. The molecule has 1 aliphatic rings. The summed E-state index contributed by atoms with van der Waals surface area (Å²) >= 11 is 0. The lowest BCUT2D eigenvalue weighted by Gasteiger charge is -2.08. The molecule has 0 saturated carbocycles. The Morgan fingerprint density at radius 3 is 3.18 bits per heavy atom. The predicted octanol–water partition coefficient (Wildman–Crippen LogP) is 1.50. The number of fused-ring (bicyclic) bond motifs is 1. The fourth-order valence-electron chi connectivity index (χ4n) is 2.08. The summed E-state index contributed by atoms with van der Waals surface area (Å²) in [5.74, 6) is 1.91. The van der Waals surface area contributed by atoms with Gasteiger partial charge in [0.25, 0.3) is 0 Å². The molecule has 0 amide bonds. The smallest absolute Gasteiger partial charge is 0.195 e. The maximum absolute atomic E-state index is 5.76. The van der Waals surface area contributed by atoms with Crippen molar-refractivity contribution in [2.75, 3.05) is 6.54 Å². The highest BCUT2D eigenvalue weighted by Crippen LogP contribution is 2.16. The van der Waals surface area contributed by atoms with Crippen molar-refractivity contribution in [3.8, 4) is 0 Å². The summed E-state index contributed by atoms with van der Waals surface area (Å²) in [5, 5.41) is 3.30. The van der Waals surface area contributed by atoms with Gasteiger partial charge in [-0.1, -0.05) is 6.07 Å². The second-order valence-electron chi connectivity index (χ2n) is 4.27. The van der Waals surface area contributed by atoms with Crippen LogP contribution in [-0.4, -0.2) is 16.5 Å². The molecule has 0 bridgehead atoms. The number of pyridine rings is 1. The van der Waals surface area contributed by atoms with E-state index in [2.05, 4.69) is 21.4 Å². The van der Waals surface area contributed by atoms with Gasteiger partial charge in [0.1, 0.15) is 5.76 Å². The van der Waals surface area contributed by atoms with Crippen molar-refractivity contribution in [2.45, 2.75) is 25.8 Å². The van der Waals surface area contributed by atoms with Crippen LogP contribution in [0.3, 0.4) is 0 Å². The number of nitrogens with one attached hydrogen (secondary N) is 1. The number of aryl methyl sites for hydroxylation is 2. The first-order valence-corrected chi connectivity index (χ1v) is 5.99. The zero-order valence-corrected chi connectivity index (χ0v) is 9.65. The number of nitrogens with zero attached hydrogens (tertiary/aromatic N) is 2. The Hall–Kier alpha value is -1.68. The van der Waals surface area contributed by atoms with Gasteiger partial charge in [0.2, 0.25) is 0 Å². The normalized spacial score (nSPS) is 14.6. The van der Waals surface area contributed by atoms with E-state index in [1.54, 1.807) is 6.20 Å². The minimum atomic E-state index is 0.839. The molecule has 88 valence electrons. The second-order valence-corrected chi connectivity index (χ2v) is 4.27. The van der Waals surface area contributed by atoms with Gasteiger partial charge in [0, 0.05) is 38.3 Å². The van der Waals surface area contributed by atoms with Gasteiger partial charge < -0.3 is 9.73 Å². The summed E-state index contributed by atoms with van der Waals surface area (Å²) in [6.45, 7) is 1.83. The van der Waals surface area contributed by atoms with Crippen molar-refractivity contribution in [1.82, 2.24) is 15.3 Å². The summed E-state index contributed by atoms with van der Waals surface area (Å²) in [6, 6.07) is 4.04. The van der Waals surface area contributed by atoms with Crippen molar-refractivity contribution >= 4 is 0 Å². The quantitative estimate of drug-likeness (QED) is 0.866. The summed E-state index contributed by atoms with van der Waals surface area (Å²) in [5.41, 5.74) is 2.30. The number of oxazole rings is 1. The molecule has 0 aliphatic carbocycles. The molecule has 0 spiro atoms. The third-order valence-corrected chi connectivity index (χ3v) is 2.99. The maximum atomic E-state index is 5.76. The van der Waals surface area contributed by atoms with E-state index >= 15 is 0 Å². The highest BCUT2D eigenvalue weighted by Gasteiger charge is 2.16. The Morgan fingerprint density at radius 1 is 1.35 bits per heavy atom. The van der Waals surface area contributed by atoms with Crippen LogP contribution in [0.5, 0.6) is 0 Å². The van der Waals surface area contributed by atoms with E-state index in [9.17, 15) is 0 Å². The molecule has 0 saturated heterocycles. The molecule has 0 fully saturated rings. The zero-order chi connectivity index (χ0) is 11.5. The highest BCUT2D eigenvalue weighted by molar-refractivity contribution is 5.14. The lowest BCUT2D eigenvalue weighted by atomic mass is 10.1. The molecule has 0 atom stereocenters. The molecule has 1 aliphatic heterocycles. The summed E-state index contributed by atoms with van der Waals surface area (Å²) in [4.78, 5) is 8.62. The lowest BCUT2D eigenvalue weighted by Crippen LogP contribution is -2.22. The molecule has 0 radical (unpaired) electrons. The minimum Gasteiger partial charge on any atom is -0.445 e. The summed E-state index contributed by atoms with van der Waals surface area (Å²) in [7, 11) is 0. The van der Waals surface area contributed by atoms with Gasteiger partial charge in [0.05, 0.1) is 5.69 Å². The van der Waals surface area contributed by atoms with Crippen molar-refractivity contribution in [3.63, 3.8) is 0 Å². The van der Waals surface area contributed by atoms with Crippen molar-refractivity contribution in [2.24, 2.45) is 0 Å². The Bertz CT molecular complexity index is 469. The van der Waals surface area contributed by atoms with Crippen LogP contribution in [0.4, 0.5) is 0 Å². The Morgan fingerprint density at radius 2 is 2.35 bits per heavy atom. The third kappa shape index (κ3) is 2.36. The van der Waals surface area contributed by atoms with E-state index in [1.807, 2.05) is 12.3 Å². The van der Waals surface area contributed by atoms with Crippen molar-refractivity contribution < 1.29 is 4.42 Å². The first-order valence-electron chi connectivity index (χ1n) is 5.99. The fourth-order valence-corrected chi connectivity index (χ4v) is 2.08. The van der Waals surface area contributed by atoms with Crippen molar-refractivity contribution in [3.05, 3.63) is 47.4 Å². The van der Waals surface area contributed by atoms with E-state index in [1.165, 1.54) is 5.56 Å². The monoisotopic (exact) mass is 229 g/mol. The van der Waals surface area contributed by atoms with Crippen LogP contribution in [0, 0.1) is 0 Å². The lowest BCUT2D eigenvalue weighted by molar-refractivity contribution is 0.438. The van der Waals surface area contributed by atoms with E-state index in [4.69, 9.17) is 4.42 Å². The van der Waals surface area contributed by atoms with E-state index in [0.29, 0.717) is 0 Å². The van der Waals surface area contributed by atoms with Crippen LogP contribution >= 0.6 is 0 Å². The molecule has 4 heteroatoms. The SMILES string of the molecule is c1cncc(CCc2nc3c(o2)CCNC3)c1. The van der Waals surface area contributed by atoms with Gasteiger partial charge in [0.15, 0.2) is 5.89 Å². The van der Waals surface area contributed by atoms with Gasteiger partial charge in [-0.25, -0.2) is 4.98 Å². The molecule has 3 rings (SSSR count). The highest BCUT2D eigenvalue weighted by atomic mass is 16.4. The van der Waals surface area contributed by atoms with Gasteiger partial charge >= 0.3 is 0 Å². The third-order valence-electron chi connectivity index (χ3n) is 2.99. The number of rotatable bonds is 3. The molecule has 0 unspecified atom stereocenters.